The quantitative estimate of drug-likeness (QED) is 0.804. The van der Waals surface area contributed by atoms with Gasteiger partial charge in [0.25, 0.3) is 0 Å². The largest absolute Gasteiger partial charge is 0.362 e. The Labute approximate surface area is 66.4 Å². The van der Waals surface area contributed by atoms with E-state index in [0.717, 1.165) is 15.5 Å². The molecular formula is C5H7BrN2S. The van der Waals surface area contributed by atoms with Crippen LogP contribution in [0.3, 0.4) is 0 Å². The Balaban J connectivity index is 2.61. The second kappa shape index (κ2) is 3.17. The first-order valence-corrected chi connectivity index (χ1v) is 4.29. The SMILES string of the molecule is CCNc1ncc(Br)s1. The summed E-state index contributed by atoms with van der Waals surface area (Å²) in [6.45, 7) is 2.98. The number of hydrogen-bond acceptors (Lipinski definition) is 3. The lowest BCUT2D eigenvalue weighted by Crippen LogP contribution is -1.93. The topological polar surface area (TPSA) is 24.9 Å². The van der Waals surface area contributed by atoms with E-state index in [4.69, 9.17) is 0 Å². The molecule has 0 unspecified atom stereocenters. The Bertz CT molecular complexity index is 187. The summed E-state index contributed by atoms with van der Waals surface area (Å²) < 4.78 is 1.07. The smallest absolute Gasteiger partial charge is 0.183 e. The molecule has 50 valence electrons. The van der Waals surface area contributed by atoms with E-state index >= 15 is 0 Å². The molecular weight excluding hydrogens is 200 g/mol. The highest BCUT2D eigenvalue weighted by Crippen LogP contribution is 2.22. The van der Waals surface area contributed by atoms with Gasteiger partial charge in [-0.05, 0) is 22.9 Å². The molecule has 0 saturated heterocycles. The van der Waals surface area contributed by atoms with E-state index in [0.29, 0.717) is 0 Å². The fourth-order valence-electron chi connectivity index (χ4n) is 0.487. The summed E-state index contributed by atoms with van der Waals surface area (Å²) in [6.07, 6.45) is 1.79. The number of halogens is 1. The van der Waals surface area contributed by atoms with Gasteiger partial charge in [-0.25, -0.2) is 4.98 Å². The number of rotatable bonds is 2. The van der Waals surface area contributed by atoms with Crippen LogP contribution in [0.2, 0.25) is 0 Å². The summed E-state index contributed by atoms with van der Waals surface area (Å²) in [5.41, 5.74) is 0. The van der Waals surface area contributed by atoms with Crippen LogP contribution >= 0.6 is 27.3 Å². The van der Waals surface area contributed by atoms with Crippen molar-refractivity contribution in [3.05, 3.63) is 9.98 Å². The predicted molar refractivity (Wildman–Crippen MR) is 44.0 cm³/mol. The third-order valence-electron chi connectivity index (χ3n) is 0.805. The van der Waals surface area contributed by atoms with Gasteiger partial charge in [0.15, 0.2) is 5.13 Å². The molecule has 0 aliphatic carbocycles. The number of anilines is 1. The van der Waals surface area contributed by atoms with E-state index < -0.39 is 0 Å². The van der Waals surface area contributed by atoms with Gasteiger partial charge in [0, 0.05) is 6.54 Å². The number of thiazole rings is 1. The molecule has 0 radical (unpaired) electrons. The lowest BCUT2D eigenvalue weighted by Gasteiger charge is -1.91. The van der Waals surface area contributed by atoms with Crippen LogP contribution in [0.1, 0.15) is 6.92 Å². The Morgan fingerprint density at radius 3 is 3.11 bits per heavy atom. The molecule has 1 aromatic rings. The first-order valence-electron chi connectivity index (χ1n) is 2.68. The molecule has 0 aliphatic rings. The van der Waals surface area contributed by atoms with E-state index in [1.807, 2.05) is 0 Å². The number of hydrogen-bond donors (Lipinski definition) is 1. The molecule has 0 aromatic carbocycles. The second-order valence-corrected chi connectivity index (χ2v) is 3.91. The third kappa shape index (κ3) is 1.95. The molecule has 2 nitrogen and oxygen atoms in total. The standard InChI is InChI=1S/C5H7BrN2S/c1-2-7-5-8-3-4(6)9-5/h3H,2H2,1H3,(H,7,8). The molecule has 1 N–H and O–H groups in total. The van der Waals surface area contributed by atoms with Gasteiger partial charge in [0.05, 0.1) is 9.98 Å². The van der Waals surface area contributed by atoms with Crippen LogP contribution < -0.4 is 5.32 Å². The summed E-state index contributed by atoms with van der Waals surface area (Å²) in [4.78, 5) is 4.07. The van der Waals surface area contributed by atoms with Crippen LogP contribution in [0.4, 0.5) is 5.13 Å². The molecule has 0 aliphatic heterocycles. The fourth-order valence-corrected chi connectivity index (χ4v) is 1.66. The molecule has 0 spiro atoms. The van der Waals surface area contributed by atoms with Crippen molar-refractivity contribution in [1.29, 1.82) is 0 Å². The van der Waals surface area contributed by atoms with Crippen molar-refractivity contribution in [3.8, 4) is 0 Å². The Kier molecular flexibility index (Phi) is 2.48. The molecule has 4 heteroatoms. The molecule has 0 saturated carbocycles. The normalized spacial score (nSPS) is 9.56. The van der Waals surface area contributed by atoms with E-state index in [9.17, 15) is 0 Å². The van der Waals surface area contributed by atoms with Gasteiger partial charge in [-0.3, -0.25) is 0 Å². The zero-order valence-electron chi connectivity index (χ0n) is 5.02. The monoisotopic (exact) mass is 206 g/mol. The van der Waals surface area contributed by atoms with Gasteiger partial charge < -0.3 is 5.32 Å². The molecule has 1 rings (SSSR count). The van der Waals surface area contributed by atoms with E-state index in [1.165, 1.54) is 0 Å². The van der Waals surface area contributed by atoms with Crippen molar-refractivity contribution in [2.45, 2.75) is 6.92 Å². The molecule has 0 atom stereocenters. The Hall–Kier alpha value is -0.0900. The first kappa shape index (κ1) is 7.02. The molecule has 0 bridgehead atoms. The highest BCUT2D eigenvalue weighted by atomic mass is 79.9. The van der Waals surface area contributed by atoms with Crippen molar-refractivity contribution in [2.75, 3.05) is 11.9 Å². The van der Waals surface area contributed by atoms with Crippen LogP contribution in [0.15, 0.2) is 9.98 Å². The number of nitrogens with zero attached hydrogens (tertiary/aromatic N) is 1. The van der Waals surface area contributed by atoms with Gasteiger partial charge in [-0.15, -0.1) is 0 Å². The van der Waals surface area contributed by atoms with Crippen molar-refractivity contribution in [3.63, 3.8) is 0 Å². The highest BCUT2D eigenvalue weighted by molar-refractivity contribution is 9.11. The van der Waals surface area contributed by atoms with Gasteiger partial charge in [0.1, 0.15) is 0 Å². The van der Waals surface area contributed by atoms with Crippen LogP contribution in [-0.4, -0.2) is 11.5 Å². The average molecular weight is 207 g/mol. The van der Waals surface area contributed by atoms with Crippen molar-refractivity contribution >= 4 is 32.4 Å². The van der Waals surface area contributed by atoms with Gasteiger partial charge in [0.2, 0.25) is 0 Å². The first-order chi connectivity index (χ1) is 4.33. The summed E-state index contributed by atoms with van der Waals surface area (Å²) >= 11 is 4.92. The zero-order valence-corrected chi connectivity index (χ0v) is 7.42. The third-order valence-corrected chi connectivity index (χ3v) is 2.24. The summed E-state index contributed by atoms with van der Waals surface area (Å²) in [6, 6.07) is 0. The molecule has 1 aromatic heterocycles. The van der Waals surface area contributed by atoms with E-state index in [-0.39, 0.29) is 0 Å². The van der Waals surface area contributed by atoms with Crippen molar-refractivity contribution in [2.24, 2.45) is 0 Å². The highest BCUT2D eigenvalue weighted by Gasteiger charge is 1.94. The summed E-state index contributed by atoms with van der Waals surface area (Å²) in [5, 5.41) is 4.08. The van der Waals surface area contributed by atoms with Crippen LogP contribution in [0.5, 0.6) is 0 Å². The Morgan fingerprint density at radius 1 is 1.89 bits per heavy atom. The lowest BCUT2D eigenvalue weighted by atomic mass is 10.8. The summed E-state index contributed by atoms with van der Waals surface area (Å²) in [7, 11) is 0. The van der Waals surface area contributed by atoms with Gasteiger partial charge in [-0.1, -0.05) is 11.3 Å². The molecule has 9 heavy (non-hydrogen) atoms. The Morgan fingerprint density at radius 2 is 2.67 bits per heavy atom. The van der Waals surface area contributed by atoms with Crippen LogP contribution in [0, 0.1) is 0 Å². The zero-order chi connectivity index (χ0) is 6.69. The minimum atomic E-state index is 0.931. The molecule has 0 fully saturated rings. The predicted octanol–water partition coefficient (Wildman–Crippen LogP) is 2.34. The van der Waals surface area contributed by atoms with Gasteiger partial charge in [-0.2, -0.15) is 0 Å². The minimum Gasteiger partial charge on any atom is -0.362 e. The number of nitrogens with one attached hydrogen (secondary N) is 1. The maximum absolute atomic E-state index is 4.07. The summed E-state index contributed by atoms with van der Waals surface area (Å²) in [5.74, 6) is 0. The second-order valence-electron chi connectivity index (χ2n) is 1.50. The van der Waals surface area contributed by atoms with Crippen molar-refractivity contribution in [1.82, 2.24) is 4.98 Å². The molecule has 1 heterocycles. The molecule has 0 amide bonds. The maximum atomic E-state index is 4.07. The van der Waals surface area contributed by atoms with Crippen LogP contribution in [-0.2, 0) is 0 Å². The minimum absolute atomic E-state index is 0.931. The van der Waals surface area contributed by atoms with E-state index in [1.54, 1.807) is 17.5 Å². The van der Waals surface area contributed by atoms with Crippen LogP contribution in [0.25, 0.3) is 0 Å². The van der Waals surface area contributed by atoms with E-state index in [2.05, 4.69) is 33.2 Å². The fraction of sp³-hybridized carbons (Fsp3) is 0.400. The average Bonchev–Trinajstić information content (AvgIpc) is 2.17. The van der Waals surface area contributed by atoms with Crippen molar-refractivity contribution < 1.29 is 0 Å². The maximum Gasteiger partial charge on any atom is 0.183 e. The van der Waals surface area contributed by atoms with Gasteiger partial charge >= 0.3 is 0 Å². The lowest BCUT2D eigenvalue weighted by molar-refractivity contribution is 1.19. The number of aromatic nitrogens is 1.